The molecule has 0 spiro atoms. The van der Waals surface area contributed by atoms with Crippen molar-refractivity contribution < 1.29 is 25.2 Å². The van der Waals surface area contributed by atoms with Gasteiger partial charge in [-0.05, 0) is 34.7 Å². The zero-order chi connectivity index (χ0) is 20.6. The molecule has 0 amide bonds. The highest BCUT2D eigenvalue weighted by Crippen LogP contribution is 2.39. The number of ether oxygens (including phenoxy) is 1. The third kappa shape index (κ3) is 3.94. The summed E-state index contributed by atoms with van der Waals surface area (Å²) in [5.74, 6) is 0. The quantitative estimate of drug-likeness (QED) is 0.495. The molecule has 3 aromatic rings. The Morgan fingerprint density at radius 1 is 1.07 bits per heavy atom. The number of halogens is 1. The Kier molecular flexibility index (Phi) is 5.95. The fourth-order valence-corrected chi connectivity index (χ4v) is 5.13. The van der Waals surface area contributed by atoms with Crippen molar-refractivity contribution in [3.8, 4) is 0 Å². The summed E-state index contributed by atoms with van der Waals surface area (Å²) in [5, 5.41) is 41.7. The molecule has 0 saturated carbocycles. The normalized spacial score (nSPS) is 24.1. The van der Waals surface area contributed by atoms with E-state index in [1.54, 1.807) is 17.4 Å². The van der Waals surface area contributed by atoms with Crippen LogP contribution in [0, 0.1) is 0 Å². The van der Waals surface area contributed by atoms with E-state index in [2.05, 4.69) is 18.2 Å². The van der Waals surface area contributed by atoms with Crippen LogP contribution in [0.3, 0.4) is 0 Å². The second-order valence-corrected chi connectivity index (χ2v) is 9.09. The Morgan fingerprint density at radius 3 is 2.55 bits per heavy atom. The predicted molar refractivity (Wildman–Crippen MR) is 113 cm³/mol. The molecular formula is C22H23ClO5S. The van der Waals surface area contributed by atoms with E-state index in [0.717, 1.165) is 11.1 Å². The Morgan fingerprint density at radius 2 is 1.83 bits per heavy atom. The van der Waals surface area contributed by atoms with E-state index >= 15 is 0 Å². The van der Waals surface area contributed by atoms with E-state index < -0.39 is 37.1 Å². The lowest BCUT2D eigenvalue weighted by molar-refractivity contribution is -0.254. The fourth-order valence-electron chi connectivity index (χ4n) is 3.86. The van der Waals surface area contributed by atoms with Crippen LogP contribution in [0.2, 0.25) is 5.02 Å². The van der Waals surface area contributed by atoms with Crippen molar-refractivity contribution in [1.29, 1.82) is 0 Å². The van der Waals surface area contributed by atoms with Crippen LogP contribution >= 0.6 is 22.9 Å². The van der Waals surface area contributed by atoms with Gasteiger partial charge in [0.2, 0.25) is 0 Å². The Bertz CT molecular complexity index is 967. The van der Waals surface area contributed by atoms with E-state index in [9.17, 15) is 20.4 Å². The zero-order valence-corrected chi connectivity index (χ0v) is 17.2. The summed E-state index contributed by atoms with van der Waals surface area (Å²) in [5.41, 5.74) is 0.106. The van der Waals surface area contributed by atoms with Crippen LogP contribution < -0.4 is 0 Å². The van der Waals surface area contributed by atoms with Crippen molar-refractivity contribution >= 4 is 33.0 Å². The summed E-state index contributed by atoms with van der Waals surface area (Å²) in [6, 6.07) is 15.9. The van der Waals surface area contributed by atoms with Gasteiger partial charge in [0.05, 0.1) is 25.4 Å². The number of thiophene rings is 1. The highest BCUT2D eigenvalue weighted by atomic mass is 35.5. The van der Waals surface area contributed by atoms with Gasteiger partial charge in [0.15, 0.2) is 0 Å². The molecule has 4 rings (SSSR count). The molecule has 3 atom stereocenters. The lowest BCUT2D eigenvalue weighted by Gasteiger charge is -2.45. The second-order valence-electron chi connectivity index (χ2n) is 7.51. The molecule has 7 heteroatoms. The minimum absolute atomic E-state index is 0.160. The van der Waals surface area contributed by atoms with E-state index in [-0.39, 0.29) is 6.42 Å². The smallest absolute Gasteiger partial charge is 0.143 e. The summed E-state index contributed by atoms with van der Waals surface area (Å²) in [6.07, 6.45) is -2.23. The van der Waals surface area contributed by atoms with Crippen molar-refractivity contribution in [2.24, 2.45) is 0 Å². The lowest BCUT2D eigenvalue weighted by atomic mass is 9.85. The monoisotopic (exact) mass is 434 g/mol. The number of rotatable bonds is 5. The van der Waals surface area contributed by atoms with Gasteiger partial charge in [-0.2, -0.15) is 0 Å². The standard InChI is InChI=1S/C22H23ClO5S/c23-17-6-5-13(19-10-18(26)21(27)22(11-24,12-25)28-19)7-15(17)9-16-8-14-3-1-2-4-20(14)29-16/h1-8,18-19,21,24-27H,9-12H2/t18?,19?,21-/m0/s1. The largest absolute Gasteiger partial charge is 0.393 e. The SMILES string of the molecule is OCC1(CO)OC(c2ccc(Cl)c(Cc3cc4ccccc4s3)c2)CC(O)[C@@H]1O. The van der Waals surface area contributed by atoms with Crippen LogP contribution in [0.1, 0.15) is 28.5 Å². The van der Waals surface area contributed by atoms with Crippen LogP contribution in [-0.2, 0) is 11.2 Å². The maximum absolute atomic E-state index is 10.3. The second kappa shape index (κ2) is 8.32. The van der Waals surface area contributed by atoms with Crippen molar-refractivity contribution in [1.82, 2.24) is 0 Å². The summed E-state index contributed by atoms with van der Waals surface area (Å²) < 4.78 is 7.10. The van der Waals surface area contributed by atoms with E-state index in [1.807, 2.05) is 24.3 Å². The number of hydrogen-bond acceptors (Lipinski definition) is 6. The molecular weight excluding hydrogens is 412 g/mol. The minimum Gasteiger partial charge on any atom is -0.393 e. The summed E-state index contributed by atoms with van der Waals surface area (Å²) in [4.78, 5) is 1.19. The first-order valence-electron chi connectivity index (χ1n) is 9.47. The highest BCUT2D eigenvalue weighted by Gasteiger charge is 2.49. The highest BCUT2D eigenvalue weighted by molar-refractivity contribution is 7.19. The molecule has 1 saturated heterocycles. The molecule has 1 aliphatic rings. The first-order valence-corrected chi connectivity index (χ1v) is 10.7. The molecule has 0 radical (unpaired) electrons. The first-order chi connectivity index (χ1) is 14.0. The number of aliphatic hydroxyl groups excluding tert-OH is 4. The van der Waals surface area contributed by atoms with Gasteiger partial charge in [-0.1, -0.05) is 41.9 Å². The molecule has 1 aliphatic heterocycles. The van der Waals surface area contributed by atoms with Gasteiger partial charge < -0.3 is 25.2 Å². The van der Waals surface area contributed by atoms with Crippen LogP contribution in [0.4, 0.5) is 0 Å². The van der Waals surface area contributed by atoms with Gasteiger partial charge in [0, 0.05) is 27.4 Å². The van der Waals surface area contributed by atoms with Crippen molar-refractivity contribution in [2.45, 2.75) is 36.8 Å². The average molecular weight is 435 g/mol. The lowest BCUT2D eigenvalue weighted by Crippen LogP contribution is -2.60. The molecule has 0 bridgehead atoms. The van der Waals surface area contributed by atoms with E-state index in [0.29, 0.717) is 11.4 Å². The Balaban J connectivity index is 1.62. The summed E-state index contributed by atoms with van der Waals surface area (Å²) in [7, 11) is 0. The molecule has 5 nitrogen and oxygen atoms in total. The van der Waals surface area contributed by atoms with Crippen LogP contribution in [0.25, 0.3) is 10.1 Å². The zero-order valence-electron chi connectivity index (χ0n) is 15.7. The molecule has 4 N–H and O–H groups in total. The Hall–Kier alpha value is -1.51. The van der Waals surface area contributed by atoms with Gasteiger partial charge in [-0.25, -0.2) is 0 Å². The summed E-state index contributed by atoms with van der Waals surface area (Å²) >= 11 is 8.16. The molecule has 154 valence electrons. The molecule has 2 aromatic carbocycles. The molecule has 1 fully saturated rings. The van der Waals surface area contributed by atoms with Gasteiger partial charge in [0.1, 0.15) is 11.7 Å². The van der Waals surface area contributed by atoms with Gasteiger partial charge in [-0.15, -0.1) is 11.3 Å². The number of benzene rings is 2. The Labute approximate surface area is 177 Å². The minimum atomic E-state index is -1.60. The summed E-state index contributed by atoms with van der Waals surface area (Å²) in [6.45, 7) is -1.19. The van der Waals surface area contributed by atoms with Crippen molar-refractivity contribution in [2.75, 3.05) is 13.2 Å². The van der Waals surface area contributed by atoms with Crippen LogP contribution in [-0.4, -0.2) is 51.4 Å². The molecule has 0 aliphatic carbocycles. The van der Waals surface area contributed by atoms with Gasteiger partial charge in [0.25, 0.3) is 0 Å². The van der Waals surface area contributed by atoms with Gasteiger partial charge in [-0.3, -0.25) is 0 Å². The fraction of sp³-hybridized carbons (Fsp3) is 0.364. The number of hydrogen-bond donors (Lipinski definition) is 4. The van der Waals surface area contributed by atoms with E-state index in [1.165, 1.54) is 15.0 Å². The van der Waals surface area contributed by atoms with Crippen molar-refractivity contribution in [3.63, 3.8) is 0 Å². The molecule has 2 heterocycles. The molecule has 1 aromatic heterocycles. The number of aliphatic hydroxyl groups is 4. The average Bonchev–Trinajstić information content (AvgIpc) is 3.14. The van der Waals surface area contributed by atoms with Crippen molar-refractivity contribution in [3.05, 3.63) is 69.6 Å². The topological polar surface area (TPSA) is 90.2 Å². The van der Waals surface area contributed by atoms with Gasteiger partial charge >= 0.3 is 0 Å². The van der Waals surface area contributed by atoms with Crippen LogP contribution in [0.15, 0.2) is 48.5 Å². The number of fused-ring (bicyclic) bond motifs is 1. The molecule has 2 unspecified atom stereocenters. The third-order valence-corrected chi connectivity index (χ3v) is 7.04. The predicted octanol–water partition coefficient (Wildman–Crippen LogP) is 3.05. The molecule has 29 heavy (non-hydrogen) atoms. The maximum Gasteiger partial charge on any atom is 0.143 e. The first kappa shape index (κ1) is 20.8. The van der Waals surface area contributed by atoms with E-state index in [4.69, 9.17) is 16.3 Å². The maximum atomic E-state index is 10.3. The van der Waals surface area contributed by atoms with Crippen LogP contribution in [0.5, 0.6) is 0 Å². The third-order valence-electron chi connectivity index (χ3n) is 5.55.